The normalized spacial score (nSPS) is 11.2. The first-order valence-electron chi connectivity index (χ1n) is 5.51. The number of amides is 2. The van der Waals surface area contributed by atoms with E-state index in [9.17, 15) is 4.79 Å². The average molecular weight is 224 g/mol. The highest BCUT2D eigenvalue weighted by atomic mass is 16.3. The highest BCUT2D eigenvalue weighted by Gasteiger charge is 2.10. The maximum Gasteiger partial charge on any atom is 0.315 e. The van der Waals surface area contributed by atoms with Gasteiger partial charge in [-0.05, 0) is 24.0 Å². The van der Waals surface area contributed by atoms with Crippen LogP contribution in [0.4, 0.5) is 4.79 Å². The standard InChI is InChI=1S/C12H20N2O2/c1-12(2,3)6-7-13-11(15)14-9-10-5-4-8-16-10/h4-5,8H,6-7,9H2,1-3H3,(H2,13,14,15). The van der Waals surface area contributed by atoms with E-state index in [1.807, 2.05) is 6.07 Å². The highest BCUT2D eigenvalue weighted by Crippen LogP contribution is 2.16. The van der Waals surface area contributed by atoms with Crippen LogP contribution in [0.1, 0.15) is 33.0 Å². The van der Waals surface area contributed by atoms with Crippen LogP contribution in [0.5, 0.6) is 0 Å². The molecule has 4 heteroatoms. The van der Waals surface area contributed by atoms with Crippen molar-refractivity contribution in [2.45, 2.75) is 33.7 Å². The van der Waals surface area contributed by atoms with Gasteiger partial charge in [0.2, 0.25) is 0 Å². The molecule has 0 aliphatic rings. The number of rotatable bonds is 4. The maximum atomic E-state index is 11.4. The second-order valence-corrected chi connectivity index (χ2v) is 5.00. The minimum atomic E-state index is -0.152. The van der Waals surface area contributed by atoms with Crippen molar-refractivity contribution in [3.8, 4) is 0 Å². The van der Waals surface area contributed by atoms with Gasteiger partial charge in [-0.25, -0.2) is 4.79 Å². The van der Waals surface area contributed by atoms with E-state index < -0.39 is 0 Å². The largest absolute Gasteiger partial charge is 0.467 e. The predicted molar refractivity (Wildman–Crippen MR) is 63.0 cm³/mol. The van der Waals surface area contributed by atoms with E-state index in [2.05, 4.69) is 31.4 Å². The molecule has 0 spiro atoms. The Bertz CT molecular complexity index is 312. The van der Waals surface area contributed by atoms with Crippen LogP contribution in [-0.2, 0) is 6.54 Å². The number of furan rings is 1. The van der Waals surface area contributed by atoms with Crippen LogP contribution in [-0.4, -0.2) is 12.6 Å². The lowest BCUT2D eigenvalue weighted by Crippen LogP contribution is -2.36. The second-order valence-electron chi connectivity index (χ2n) is 5.00. The van der Waals surface area contributed by atoms with Gasteiger partial charge in [0.25, 0.3) is 0 Å². The van der Waals surface area contributed by atoms with Crippen molar-refractivity contribution in [1.82, 2.24) is 10.6 Å². The van der Waals surface area contributed by atoms with Crippen LogP contribution in [0.25, 0.3) is 0 Å². The Hall–Kier alpha value is -1.45. The van der Waals surface area contributed by atoms with Crippen LogP contribution in [0.2, 0.25) is 0 Å². The summed E-state index contributed by atoms with van der Waals surface area (Å²) in [6, 6.07) is 3.48. The van der Waals surface area contributed by atoms with Crippen molar-refractivity contribution in [3.63, 3.8) is 0 Å². The molecular weight excluding hydrogens is 204 g/mol. The molecule has 0 unspecified atom stereocenters. The first kappa shape index (κ1) is 12.6. The molecule has 0 saturated carbocycles. The number of carbonyl (C=O) groups excluding carboxylic acids is 1. The molecule has 0 fully saturated rings. The summed E-state index contributed by atoms with van der Waals surface area (Å²) in [5, 5.41) is 5.54. The molecule has 90 valence electrons. The summed E-state index contributed by atoms with van der Waals surface area (Å²) in [7, 11) is 0. The van der Waals surface area contributed by atoms with Gasteiger partial charge in [0.05, 0.1) is 12.8 Å². The Kier molecular flexibility index (Phi) is 4.40. The Labute approximate surface area is 96.4 Å². The zero-order valence-corrected chi connectivity index (χ0v) is 10.2. The van der Waals surface area contributed by atoms with Gasteiger partial charge >= 0.3 is 6.03 Å². The quantitative estimate of drug-likeness (QED) is 0.825. The first-order valence-corrected chi connectivity index (χ1v) is 5.51. The molecule has 1 aromatic rings. The fourth-order valence-electron chi connectivity index (χ4n) is 1.19. The van der Waals surface area contributed by atoms with Crippen molar-refractivity contribution >= 4 is 6.03 Å². The molecule has 4 nitrogen and oxygen atoms in total. The zero-order chi connectivity index (χ0) is 12.0. The molecular formula is C12H20N2O2. The molecule has 0 aliphatic heterocycles. The highest BCUT2D eigenvalue weighted by molar-refractivity contribution is 5.73. The van der Waals surface area contributed by atoms with Gasteiger partial charge in [-0.15, -0.1) is 0 Å². The van der Waals surface area contributed by atoms with Gasteiger partial charge in [0, 0.05) is 6.54 Å². The maximum absolute atomic E-state index is 11.4. The third kappa shape index (κ3) is 5.44. The Morgan fingerprint density at radius 2 is 2.12 bits per heavy atom. The third-order valence-corrected chi connectivity index (χ3v) is 2.16. The Morgan fingerprint density at radius 1 is 1.38 bits per heavy atom. The van der Waals surface area contributed by atoms with Crippen molar-refractivity contribution in [2.75, 3.05) is 6.54 Å². The summed E-state index contributed by atoms with van der Waals surface area (Å²) in [5.41, 5.74) is 0.244. The molecule has 0 aliphatic carbocycles. The lowest BCUT2D eigenvalue weighted by atomic mass is 9.92. The predicted octanol–water partition coefficient (Wildman–Crippen LogP) is 2.52. The SMILES string of the molecule is CC(C)(C)CCNC(=O)NCc1ccco1. The summed E-state index contributed by atoms with van der Waals surface area (Å²) in [5.74, 6) is 0.756. The molecule has 2 amide bonds. The van der Waals surface area contributed by atoms with Crippen LogP contribution < -0.4 is 10.6 Å². The number of carbonyl (C=O) groups is 1. The van der Waals surface area contributed by atoms with E-state index in [-0.39, 0.29) is 11.4 Å². The molecule has 0 bridgehead atoms. The van der Waals surface area contributed by atoms with E-state index in [4.69, 9.17) is 4.42 Å². The lowest BCUT2D eigenvalue weighted by Gasteiger charge is -2.18. The molecule has 1 heterocycles. The van der Waals surface area contributed by atoms with Gasteiger partial charge in [-0.3, -0.25) is 0 Å². The van der Waals surface area contributed by atoms with Gasteiger partial charge < -0.3 is 15.1 Å². The molecule has 1 rings (SSSR count). The Balaban J connectivity index is 2.12. The van der Waals surface area contributed by atoms with Crippen LogP contribution in [0.3, 0.4) is 0 Å². The Morgan fingerprint density at radius 3 is 2.69 bits per heavy atom. The van der Waals surface area contributed by atoms with Gasteiger partial charge in [-0.1, -0.05) is 20.8 Å². The van der Waals surface area contributed by atoms with Crippen molar-refractivity contribution in [1.29, 1.82) is 0 Å². The molecule has 16 heavy (non-hydrogen) atoms. The van der Waals surface area contributed by atoms with Crippen molar-refractivity contribution < 1.29 is 9.21 Å². The monoisotopic (exact) mass is 224 g/mol. The number of hydrogen-bond acceptors (Lipinski definition) is 2. The molecule has 0 atom stereocenters. The van der Waals surface area contributed by atoms with Crippen molar-refractivity contribution in [3.05, 3.63) is 24.2 Å². The second kappa shape index (κ2) is 5.58. The van der Waals surface area contributed by atoms with Crippen LogP contribution in [0, 0.1) is 5.41 Å². The summed E-state index contributed by atoms with van der Waals surface area (Å²) in [4.78, 5) is 11.4. The third-order valence-electron chi connectivity index (χ3n) is 2.16. The van der Waals surface area contributed by atoms with Gasteiger partial charge in [-0.2, -0.15) is 0 Å². The molecule has 2 N–H and O–H groups in total. The van der Waals surface area contributed by atoms with Gasteiger partial charge in [0.15, 0.2) is 0 Å². The molecule has 0 aromatic carbocycles. The van der Waals surface area contributed by atoms with Gasteiger partial charge in [0.1, 0.15) is 5.76 Å². The zero-order valence-electron chi connectivity index (χ0n) is 10.2. The smallest absolute Gasteiger partial charge is 0.315 e. The summed E-state index contributed by atoms with van der Waals surface area (Å²) >= 11 is 0. The van der Waals surface area contributed by atoms with E-state index in [1.54, 1.807) is 12.3 Å². The minimum Gasteiger partial charge on any atom is -0.467 e. The lowest BCUT2D eigenvalue weighted by molar-refractivity contribution is 0.237. The number of urea groups is 1. The topological polar surface area (TPSA) is 54.3 Å². The van der Waals surface area contributed by atoms with E-state index in [0.717, 1.165) is 12.2 Å². The molecule has 0 saturated heterocycles. The van der Waals surface area contributed by atoms with Crippen molar-refractivity contribution in [2.24, 2.45) is 5.41 Å². The number of nitrogens with one attached hydrogen (secondary N) is 2. The fraction of sp³-hybridized carbons (Fsp3) is 0.583. The van der Waals surface area contributed by atoms with E-state index in [0.29, 0.717) is 13.1 Å². The fourth-order valence-corrected chi connectivity index (χ4v) is 1.19. The van der Waals surface area contributed by atoms with E-state index in [1.165, 1.54) is 0 Å². The average Bonchev–Trinajstić information content (AvgIpc) is 2.65. The minimum absolute atomic E-state index is 0.152. The van der Waals surface area contributed by atoms with E-state index >= 15 is 0 Å². The summed E-state index contributed by atoms with van der Waals surface area (Å²) < 4.78 is 5.10. The van der Waals surface area contributed by atoms with Crippen LogP contribution >= 0.6 is 0 Å². The summed E-state index contributed by atoms with van der Waals surface area (Å²) in [6.45, 7) is 7.56. The molecule has 0 radical (unpaired) electrons. The summed E-state index contributed by atoms with van der Waals surface area (Å²) in [6.07, 6.45) is 2.55. The number of hydrogen-bond donors (Lipinski definition) is 2. The van der Waals surface area contributed by atoms with Crippen LogP contribution in [0.15, 0.2) is 22.8 Å². The first-order chi connectivity index (χ1) is 7.47. The molecule has 1 aromatic heterocycles.